The van der Waals surface area contributed by atoms with E-state index in [1.165, 1.54) is 48.5 Å². The van der Waals surface area contributed by atoms with Gasteiger partial charge in [-0.1, -0.05) is 42.8 Å². The van der Waals surface area contributed by atoms with Crippen molar-refractivity contribution in [3.05, 3.63) is 103 Å². The van der Waals surface area contributed by atoms with Gasteiger partial charge in [-0.2, -0.15) is 57.0 Å². The van der Waals surface area contributed by atoms with Crippen molar-refractivity contribution in [2.45, 2.75) is 41.9 Å². The van der Waals surface area contributed by atoms with Crippen molar-refractivity contribution in [2.75, 3.05) is 45.3 Å². The number of rotatable bonds is 20. The van der Waals surface area contributed by atoms with Crippen LogP contribution in [0.1, 0.15) is 25.8 Å². The molecule has 0 atom stereocenters. The molecule has 0 saturated heterocycles. The molecule has 0 aliphatic rings. The molecule has 0 bridgehead atoms. The number of nitrogens with one attached hydrogen (secondary N) is 4. The fraction of sp³-hybridized carbons (Fsp3) is 0.190. The number of hydrogen-bond donors (Lipinski definition) is 9. The van der Waals surface area contributed by atoms with E-state index in [4.69, 9.17) is 13.9 Å². The number of carbonyl (C=O) groups excluding carboxylic acids is 1. The van der Waals surface area contributed by atoms with E-state index >= 15 is 0 Å². The van der Waals surface area contributed by atoms with Crippen LogP contribution in [0.5, 0.6) is 0 Å². The van der Waals surface area contributed by atoms with Crippen LogP contribution in [0.4, 0.5) is 52.0 Å². The molecule has 410 valence electrons. The van der Waals surface area contributed by atoms with Gasteiger partial charge in [-0.05, 0) is 92.4 Å². The van der Waals surface area contributed by atoms with E-state index in [2.05, 4.69) is 63.0 Å². The van der Waals surface area contributed by atoms with Crippen molar-refractivity contribution in [3.8, 4) is 12.3 Å². The number of nitrogens with zero attached hydrogens (tertiary/aromatic N) is 5. The fourth-order valence-electron chi connectivity index (χ4n) is 5.83. The van der Waals surface area contributed by atoms with E-state index in [9.17, 15) is 64.2 Å². The van der Waals surface area contributed by atoms with Gasteiger partial charge >= 0.3 is 10.4 Å². The van der Waals surface area contributed by atoms with Gasteiger partial charge in [0, 0.05) is 22.4 Å². The number of hydrogen-bond acceptors (Lipinski definition) is 23. The quantitative estimate of drug-likeness (QED) is 0.0238. The Morgan fingerprint density at radius 1 is 0.632 bits per heavy atom. The molecular formula is C42H47N9O19S6. The second kappa shape index (κ2) is 27.1. The molecule has 0 unspecified atom stereocenters. The lowest BCUT2D eigenvalue weighted by molar-refractivity contribution is -0.0980. The average molecular weight is 1170 g/mol. The molecule has 0 aliphatic carbocycles. The molecule has 6 rings (SSSR count). The third-order valence-corrected chi connectivity index (χ3v) is 14.2. The molecule has 34 heteroatoms. The highest BCUT2D eigenvalue weighted by atomic mass is 32.3. The minimum atomic E-state index is -5.00. The molecule has 5 aromatic carbocycles. The fourth-order valence-corrected chi connectivity index (χ4v) is 9.33. The third kappa shape index (κ3) is 21.2. The molecule has 76 heavy (non-hydrogen) atoms. The predicted octanol–water partition coefficient (Wildman–Crippen LogP) is 6.06. The van der Waals surface area contributed by atoms with Crippen LogP contribution in [0.25, 0.3) is 10.8 Å². The number of fused-ring (bicyclic) bond motifs is 1. The smallest absolute Gasteiger partial charge is 0.368 e. The van der Waals surface area contributed by atoms with Gasteiger partial charge in [0.2, 0.25) is 17.8 Å². The Balaban J connectivity index is 0.00000115. The summed E-state index contributed by atoms with van der Waals surface area (Å²) < 4.78 is 189. The first-order valence-corrected chi connectivity index (χ1v) is 29.9. The highest BCUT2D eigenvalue weighted by Gasteiger charge is 2.21. The van der Waals surface area contributed by atoms with Crippen LogP contribution >= 0.6 is 0 Å². The largest absolute Gasteiger partial charge is 0.397 e. The van der Waals surface area contributed by atoms with Gasteiger partial charge in [0.05, 0.1) is 33.6 Å². The van der Waals surface area contributed by atoms with Gasteiger partial charge in [0.25, 0.3) is 40.5 Å². The number of terminal acetylenes is 1. The molecular weight excluding hydrogens is 1130 g/mol. The van der Waals surface area contributed by atoms with E-state index in [0.29, 0.717) is 12.1 Å². The molecule has 0 saturated carbocycles. The van der Waals surface area contributed by atoms with E-state index in [-0.39, 0.29) is 62.0 Å². The van der Waals surface area contributed by atoms with Crippen molar-refractivity contribution < 1.29 is 82.2 Å². The molecule has 0 radical (unpaired) electrons. The first kappa shape index (κ1) is 63.2. The zero-order valence-electron chi connectivity index (χ0n) is 39.7. The van der Waals surface area contributed by atoms with Crippen molar-refractivity contribution in [1.29, 1.82) is 0 Å². The molecule has 28 nitrogen and oxygen atoms in total. The topological polar surface area (TPSA) is 444 Å². The van der Waals surface area contributed by atoms with Gasteiger partial charge in [0.1, 0.15) is 28.9 Å². The zero-order chi connectivity index (χ0) is 57.3. The summed E-state index contributed by atoms with van der Waals surface area (Å²) in [5, 5.41) is 19.6. The molecule has 0 spiro atoms. The summed E-state index contributed by atoms with van der Waals surface area (Å²) in [7, 11) is -27.0. The summed E-state index contributed by atoms with van der Waals surface area (Å²) in [6, 6.07) is 21.6. The van der Waals surface area contributed by atoms with Gasteiger partial charge in [-0.15, -0.1) is 22.6 Å². The summed E-state index contributed by atoms with van der Waals surface area (Å²) in [4.78, 5) is 19.6. The molecule has 0 amide bonds. The van der Waals surface area contributed by atoms with Crippen molar-refractivity contribution >= 4 is 130 Å². The summed E-state index contributed by atoms with van der Waals surface area (Å²) in [6.07, 6.45) is 5.07. The SMILES string of the molecule is C#CC.C=O.CCCS(=O)(=O)O.Cc1ccc(Nc2nc(Nc3cccc(S(=O)(=O)CCOS(=O)(=O)O)c3)nc(Nc3ccc(S(=O)(=O)O)c(N=Nc4c(NCS(=O)(=O)O)ccc5cc(S(=O)(=O)O)ccc45)c3)n2)cc1. The van der Waals surface area contributed by atoms with Gasteiger partial charge in [-0.25, -0.2) is 12.6 Å². The Kier molecular flexibility index (Phi) is 22.5. The molecule has 0 aliphatic heterocycles. The van der Waals surface area contributed by atoms with Crippen LogP contribution in [0.3, 0.4) is 0 Å². The standard InChI is InChI=1S/C35H33N9O15S5.C3H8O3S.C3H4.CH2O/c1-21-5-8-23(9-6-21)37-33-40-34(38-24-3-2-4-26(18-24)60(45,46)16-15-59-64(56,57)58)42-35(41-33)39-25-10-14-31(63(53,54)55)30(19-25)43-44-32-28-12-11-27(62(50,51)52)17-22(28)7-13-29(32)36-20-61(47,48)49;1-2-3-7(4,5)6;1-3-2;1-2/h2-14,17-19,36H,15-16,20H2,1H3,(H,47,48,49)(H,50,51,52)(H,53,54,55)(H,56,57,58)(H3,37,38,39,40,41,42);2-3H2,1H3,(H,4,5,6);1H,2H3;1H2. The Morgan fingerprint density at radius 3 is 1.68 bits per heavy atom. The van der Waals surface area contributed by atoms with Crippen molar-refractivity contribution in [2.24, 2.45) is 10.2 Å². The monoisotopic (exact) mass is 1170 g/mol. The normalized spacial score (nSPS) is 11.9. The summed E-state index contributed by atoms with van der Waals surface area (Å²) in [5.74, 6) is -0.104. The number of benzene rings is 5. The van der Waals surface area contributed by atoms with E-state index in [1.54, 1.807) is 26.0 Å². The Bertz CT molecular complexity index is 3810. The van der Waals surface area contributed by atoms with Crippen molar-refractivity contribution in [3.63, 3.8) is 0 Å². The Hall–Kier alpha value is -7.14. The lowest BCUT2D eigenvalue weighted by Crippen LogP contribution is -2.15. The zero-order valence-corrected chi connectivity index (χ0v) is 44.6. The first-order valence-electron chi connectivity index (χ1n) is 20.8. The van der Waals surface area contributed by atoms with Gasteiger partial charge in [-0.3, -0.25) is 22.8 Å². The lowest BCUT2D eigenvalue weighted by Gasteiger charge is -2.13. The summed E-state index contributed by atoms with van der Waals surface area (Å²) >= 11 is 0. The van der Waals surface area contributed by atoms with Crippen LogP contribution in [-0.4, -0.2) is 119 Å². The maximum atomic E-state index is 12.9. The number of carbonyl (C=O) groups is 1. The number of anilines is 7. The second-order valence-corrected chi connectivity index (χ2v) is 23.8. The van der Waals surface area contributed by atoms with Crippen molar-refractivity contribution in [1.82, 2.24) is 15.0 Å². The maximum absolute atomic E-state index is 12.9. The number of sulfone groups is 1. The minimum Gasteiger partial charge on any atom is -0.368 e. The molecule has 1 aromatic heterocycles. The first-order chi connectivity index (χ1) is 35.3. The number of aromatic nitrogens is 3. The Morgan fingerprint density at radius 2 is 1.18 bits per heavy atom. The van der Waals surface area contributed by atoms with Crippen LogP contribution in [-0.2, 0) is 69.7 Å². The second-order valence-electron chi connectivity index (χ2n) is 14.8. The van der Waals surface area contributed by atoms with E-state index in [1.807, 2.05) is 25.8 Å². The summed E-state index contributed by atoms with van der Waals surface area (Å²) in [5.41, 5.74) is 0.913. The van der Waals surface area contributed by atoms with Gasteiger partial charge < -0.3 is 26.1 Å². The van der Waals surface area contributed by atoms with Crippen LogP contribution in [0.15, 0.2) is 122 Å². The molecule has 0 fully saturated rings. The minimum absolute atomic E-state index is 0.0421. The highest BCUT2D eigenvalue weighted by Crippen LogP contribution is 2.38. The number of aryl methyl sites for hydroxylation is 1. The number of azo groups is 1. The van der Waals surface area contributed by atoms with E-state index in [0.717, 1.165) is 29.8 Å². The maximum Gasteiger partial charge on any atom is 0.397 e. The van der Waals surface area contributed by atoms with Crippen LogP contribution < -0.4 is 21.3 Å². The Labute approximate surface area is 437 Å². The van der Waals surface area contributed by atoms with Crippen LogP contribution in [0.2, 0.25) is 0 Å². The summed E-state index contributed by atoms with van der Waals surface area (Å²) in [6.45, 7) is 6.36. The highest BCUT2D eigenvalue weighted by molar-refractivity contribution is 7.91. The molecule has 6 aromatic rings. The predicted molar refractivity (Wildman–Crippen MR) is 279 cm³/mol. The lowest BCUT2D eigenvalue weighted by atomic mass is 10.1. The molecule has 1 heterocycles. The third-order valence-electron chi connectivity index (χ3n) is 8.90. The molecule has 9 N–H and O–H groups in total. The van der Waals surface area contributed by atoms with E-state index < -0.39 is 94.4 Å². The average Bonchev–Trinajstić information content (AvgIpc) is 3.30. The van der Waals surface area contributed by atoms with Gasteiger partial charge in [0.15, 0.2) is 9.84 Å². The van der Waals surface area contributed by atoms with Crippen LogP contribution in [0, 0.1) is 19.3 Å².